The highest BCUT2D eigenvalue weighted by Crippen LogP contribution is 2.39. The van der Waals surface area contributed by atoms with Crippen molar-refractivity contribution in [1.82, 2.24) is 14.8 Å². The Labute approximate surface area is 201 Å². The quantitative estimate of drug-likeness (QED) is 0.626. The molecule has 0 radical (unpaired) electrons. The fourth-order valence-electron chi connectivity index (χ4n) is 4.87. The lowest BCUT2D eigenvalue weighted by molar-refractivity contribution is -0.139. The molecule has 0 bridgehead atoms. The lowest BCUT2D eigenvalue weighted by atomic mass is 9.78. The van der Waals surface area contributed by atoms with E-state index in [1.807, 2.05) is 24.2 Å². The first kappa shape index (κ1) is 26.0. The molecule has 4 rings (SSSR count). The molecule has 0 aliphatic heterocycles. The second-order valence-electron chi connectivity index (χ2n) is 10.0. The molecule has 1 atom stereocenters. The van der Waals surface area contributed by atoms with Crippen LogP contribution >= 0.6 is 0 Å². The van der Waals surface area contributed by atoms with Gasteiger partial charge in [0, 0.05) is 31.9 Å². The fraction of sp³-hybridized carbons (Fsp3) is 0.538. The molecule has 2 aromatic rings. The van der Waals surface area contributed by atoms with E-state index in [4.69, 9.17) is 0 Å². The van der Waals surface area contributed by atoms with Crippen molar-refractivity contribution in [3.05, 3.63) is 59.4 Å². The third kappa shape index (κ3) is 6.09. The molecule has 2 aliphatic carbocycles. The van der Waals surface area contributed by atoms with Crippen LogP contribution in [-0.4, -0.2) is 60.6 Å². The average molecular weight is 479 g/mol. The highest BCUT2D eigenvalue weighted by Gasteiger charge is 2.39. The van der Waals surface area contributed by atoms with E-state index in [0.29, 0.717) is 18.6 Å². The molecule has 1 aromatic carbocycles. The van der Waals surface area contributed by atoms with Gasteiger partial charge in [0.05, 0.1) is 24.1 Å². The van der Waals surface area contributed by atoms with Crippen LogP contribution < -0.4 is 5.32 Å². The first-order valence-corrected chi connectivity index (χ1v) is 11.6. The van der Waals surface area contributed by atoms with Crippen molar-refractivity contribution in [1.29, 1.82) is 0 Å². The van der Waals surface area contributed by atoms with E-state index in [9.17, 15) is 18.0 Å². The Balaban J connectivity index is 0.000000804. The van der Waals surface area contributed by atoms with Crippen LogP contribution in [0.1, 0.15) is 44.9 Å². The minimum atomic E-state index is -3.67. The molecule has 1 aromatic heterocycles. The topological polar surface area (TPSA) is 48.5 Å². The molecule has 5 nitrogen and oxygen atoms in total. The van der Waals surface area contributed by atoms with Gasteiger partial charge in [0.25, 0.3) is 0 Å². The van der Waals surface area contributed by atoms with Gasteiger partial charge in [-0.05, 0) is 56.6 Å². The summed E-state index contributed by atoms with van der Waals surface area (Å²) < 4.78 is 29.0. The number of halogens is 3. The van der Waals surface area contributed by atoms with Crippen LogP contribution in [-0.2, 0) is 23.2 Å². The first-order valence-electron chi connectivity index (χ1n) is 11.6. The van der Waals surface area contributed by atoms with Crippen LogP contribution in [0.2, 0.25) is 0 Å². The van der Waals surface area contributed by atoms with Gasteiger partial charge in [0.2, 0.25) is 5.91 Å². The van der Waals surface area contributed by atoms with Gasteiger partial charge in [0.1, 0.15) is 0 Å². The number of aromatic nitrogens is 1. The Morgan fingerprint density at radius 3 is 2.35 bits per heavy atom. The zero-order valence-electron chi connectivity index (χ0n) is 20.6. The molecule has 1 fully saturated rings. The van der Waals surface area contributed by atoms with E-state index >= 15 is 0 Å². The maximum atomic E-state index is 12.6. The van der Waals surface area contributed by atoms with E-state index in [1.165, 1.54) is 11.1 Å². The number of alkyl halides is 3. The van der Waals surface area contributed by atoms with Crippen molar-refractivity contribution >= 4 is 11.6 Å². The van der Waals surface area contributed by atoms with Gasteiger partial charge in [-0.3, -0.25) is 9.78 Å². The van der Waals surface area contributed by atoms with Crippen molar-refractivity contribution in [3.63, 3.8) is 0 Å². The summed E-state index contributed by atoms with van der Waals surface area (Å²) in [5.74, 6) is 0.400. The summed E-state index contributed by atoms with van der Waals surface area (Å²) in [6, 6.07) is 13.7. The monoisotopic (exact) mass is 478 g/mol. The van der Waals surface area contributed by atoms with E-state index in [-0.39, 0.29) is 18.7 Å². The highest BCUT2D eigenvalue weighted by molar-refractivity contribution is 5.79. The molecule has 8 heteroatoms. The third-order valence-electron chi connectivity index (χ3n) is 7.14. The molecule has 34 heavy (non-hydrogen) atoms. The van der Waals surface area contributed by atoms with Crippen LogP contribution in [0.15, 0.2) is 42.6 Å². The average Bonchev–Trinajstić information content (AvgIpc) is 2.97. The van der Waals surface area contributed by atoms with Crippen molar-refractivity contribution in [3.8, 4) is 0 Å². The lowest BCUT2D eigenvalue weighted by Gasteiger charge is -2.40. The summed E-state index contributed by atoms with van der Waals surface area (Å²) in [7, 11) is 6.05. The normalized spacial score (nSPS) is 22.5. The largest absolute Gasteiger partial charge is 0.380 e. The van der Waals surface area contributed by atoms with Gasteiger partial charge in [-0.1, -0.05) is 38.1 Å². The number of nitrogens with zero attached hydrogens (tertiary/aromatic N) is 3. The Bertz CT molecular complexity index is 963. The van der Waals surface area contributed by atoms with Crippen molar-refractivity contribution in [2.24, 2.45) is 5.92 Å². The predicted octanol–water partition coefficient (Wildman–Crippen LogP) is 5.12. The van der Waals surface area contributed by atoms with Gasteiger partial charge in [-0.2, -0.15) is 13.2 Å². The van der Waals surface area contributed by atoms with Gasteiger partial charge >= 0.3 is 6.68 Å². The van der Waals surface area contributed by atoms with Crippen molar-refractivity contribution < 1.29 is 19.4 Å². The van der Waals surface area contributed by atoms with Gasteiger partial charge in [-0.15, -0.1) is 0 Å². The maximum absolute atomic E-state index is 12.6. The summed E-state index contributed by atoms with van der Waals surface area (Å²) in [4.78, 5) is 21.3. The fourth-order valence-corrected chi connectivity index (χ4v) is 4.87. The van der Waals surface area contributed by atoms with E-state index in [0.717, 1.165) is 30.6 Å². The molecule has 1 amide bonds. The number of amides is 1. The van der Waals surface area contributed by atoms with Gasteiger partial charge < -0.3 is 15.1 Å². The Morgan fingerprint density at radius 2 is 1.79 bits per heavy atom. The number of fused-ring (bicyclic) bond motifs is 1. The second-order valence-corrected chi connectivity index (χ2v) is 10.0. The minimum absolute atomic E-state index is 0. The van der Waals surface area contributed by atoms with E-state index in [2.05, 4.69) is 73.5 Å². The Hall–Kier alpha value is -2.61. The van der Waals surface area contributed by atoms with Crippen molar-refractivity contribution in [2.45, 2.75) is 63.8 Å². The number of pyridine rings is 1. The van der Waals surface area contributed by atoms with Crippen LogP contribution in [0, 0.1) is 5.92 Å². The van der Waals surface area contributed by atoms with Gasteiger partial charge in [-0.25, -0.2) is 0 Å². The second kappa shape index (κ2) is 10.8. The molecule has 1 saturated carbocycles. The van der Waals surface area contributed by atoms with Crippen LogP contribution in [0.5, 0.6) is 0 Å². The molecule has 2 aliphatic rings. The third-order valence-corrected chi connectivity index (χ3v) is 7.14. The summed E-state index contributed by atoms with van der Waals surface area (Å²) in [5.41, 5.74) is 4.90. The van der Waals surface area contributed by atoms with E-state index in [1.54, 1.807) is 0 Å². The van der Waals surface area contributed by atoms with Crippen LogP contribution in [0.4, 0.5) is 18.9 Å². The zero-order chi connectivity index (χ0) is 25.0. The van der Waals surface area contributed by atoms with Crippen LogP contribution in [0.3, 0.4) is 0 Å². The Morgan fingerprint density at radius 1 is 1.15 bits per heavy atom. The SMILES string of the molecule is CN(Cc1ccc(NC2Cc3ccccc3C2(C)C)cn1)C(=O)C1CC(N(C)C)C1.FC(F)F.[HH]. The molecule has 0 saturated heterocycles. The molecule has 0 spiro atoms. The minimum Gasteiger partial charge on any atom is -0.380 e. The maximum Gasteiger partial charge on any atom is 0.379 e. The molecule has 1 heterocycles. The molecular formula is C26H37F3N4O. The number of nitrogens with one attached hydrogen (secondary N) is 1. The van der Waals surface area contributed by atoms with Gasteiger partial charge in [0.15, 0.2) is 0 Å². The summed E-state index contributed by atoms with van der Waals surface area (Å²) in [5, 5.41) is 3.69. The van der Waals surface area contributed by atoms with Crippen LogP contribution in [0.25, 0.3) is 0 Å². The predicted molar refractivity (Wildman–Crippen MR) is 131 cm³/mol. The van der Waals surface area contributed by atoms with Crippen molar-refractivity contribution in [2.75, 3.05) is 26.5 Å². The summed E-state index contributed by atoms with van der Waals surface area (Å²) >= 11 is 0. The number of rotatable bonds is 6. The smallest absolute Gasteiger partial charge is 0.379 e. The molecule has 1 N–H and O–H groups in total. The number of benzene rings is 1. The first-order chi connectivity index (χ1) is 16.0. The number of hydrogen-bond acceptors (Lipinski definition) is 4. The molecule has 1 unspecified atom stereocenters. The summed E-state index contributed by atoms with van der Waals surface area (Å²) in [6.45, 7) is 1.50. The lowest BCUT2D eigenvalue weighted by Crippen LogP contribution is -2.47. The zero-order valence-corrected chi connectivity index (χ0v) is 20.6. The number of anilines is 1. The number of carbonyl (C=O) groups is 1. The number of hydrogen-bond donors (Lipinski definition) is 1. The van der Waals surface area contributed by atoms with E-state index < -0.39 is 6.68 Å². The highest BCUT2D eigenvalue weighted by atomic mass is 19.4. The molecule has 188 valence electrons. The molecular weight excluding hydrogens is 441 g/mol. The number of carbonyl (C=O) groups excluding carboxylic acids is 1. The Kier molecular flexibility index (Phi) is 8.23. The summed E-state index contributed by atoms with van der Waals surface area (Å²) in [6.07, 6.45) is 4.85. The standard InChI is InChI=1S/C25H34N4O.CHF3.H2/c1-25(2)22-9-7-6-8-17(22)14-23(25)27-19-10-11-20(26-15-19)16-29(5)24(30)18-12-21(13-18)28(3)4;2-1(3)4;/h6-11,15,18,21,23,27H,12-14,16H2,1-5H3;1H;1H.